The predicted molar refractivity (Wildman–Crippen MR) is 93.0 cm³/mol. The molecule has 0 bridgehead atoms. The fourth-order valence-electron chi connectivity index (χ4n) is 3.73. The van der Waals surface area contributed by atoms with Gasteiger partial charge in [0.15, 0.2) is 0 Å². The fourth-order valence-corrected chi connectivity index (χ4v) is 3.73. The zero-order valence-electron chi connectivity index (χ0n) is 14.7. The van der Waals surface area contributed by atoms with E-state index in [0.29, 0.717) is 26.0 Å². The summed E-state index contributed by atoms with van der Waals surface area (Å²) in [5.41, 5.74) is 1.89. The average molecular weight is 344 g/mol. The number of hydrogen-bond acceptors (Lipinski definition) is 4. The second-order valence-electron chi connectivity index (χ2n) is 6.70. The molecule has 0 spiro atoms. The van der Waals surface area contributed by atoms with Crippen LogP contribution in [0.1, 0.15) is 32.3 Å². The van der Waals surface area contributed by atoms with E-state index in [1.165, 1.54) is 4.90 Å². The van der Waals surface area contributed by atoms with Gasteiger partial charge < -0.3 is 14.5 Å². The number of benzene rings is 1. The Kier molecular flexibility index (Phi) is 5.06. The van der Waals surface area contributed by atoms with E-state index in [-0.39, 0.29) is 24.5 Å². The molecule has 2 atom stereocenters. The van der Waals surface area contributed by atoms with E-state index in [2.05, 4.69) is 0 Å². The lowest BCUT2D eigenvalue weighted by Gasteiger charge is -2.32. The van der Waals surface area contributed by atoms with Crippen LogP contribution in [0.3, 0.4) is 0 Å². The highest BCUT2D eigenvalue weighted by Gasteiger charge is 2.38. The van der Waals surface area contributed by atoms with Crippen LogP contribution in [0, 0.1) is 5.92 Å². The van der Waals surface area contributed by atoms with Crippen molar-refractivity contribution in [2.24, 2.45) is 5.92 Å². The van der Waals surface area contributed by atoms with Crippen molar-refractivity contribution in [3.8, 4) is 0 Å². The first-order valence-corrected chi connectivity index (χ1v) is 8.90. The maximum atomic E-state index is 12.8. The van der Waals surface area contributed by atoms with E-state index < -0.39 is 11.8 Å². The SMILES string of the molecule is CCOC(=O)C1CCCN(C(=O)C(=O)N2c3ccccc3CC2C)C1. The van der Waals surface area contributed by atoms with Gasteiger partial charge >= 0.3 is 17.8 Å². The summed E-state index contributed by atoms with van der Waals surface area (Å²) in [5.74, 6) is -1.67. The molecule has 1 saturated heterocycles. The number of carbonyl (C=O) groups excluding carboxylic acids is 3. The van der Waals surface area contributed by atoms with Crippen LogP contribution in [0.15, 0.2) is 24.3 Å². The maximum absolute atomic E-state index is 12.8. The van der Waals surface area contributed by atoms with Crippen molar-refractivity contribution in [2.75, 3.05) is 24.6 Å². The summed E-state index contributed by atoms with van der Waals surface area (Å²) in [6.07, 6.45) is 2.15. The van der Waals surface area contributed by atoms with E-state index in [1.807, 2.05) is 31.2 Å². The third kappa shape index (κ3) is 3.38. The summed E-state index contributed by atoms with van der Waals surface area (Å²) in [4.78, 5) is 40.6. The summed E-state index contributed by atoms with van der Waals surface area (Å²) in [6, 6.07) is 7.64. The number of piperidine rings is 1. The van der Waals surface area contributed by atoms with Gasteiger partial charge in [-0.25, -0.2) is 0 Å². The highest BCUT2D eigenvalue weighted by atomic mass is 16.5. The number of amides is 2. The van der Waals surface area contributed by atoms with Crippen LogP contribution in [0.4, 0.5) is 5.69 Å². The molecule has 25 heavy (non-hydrogen) atoms. The monoisotopic (exact) mass is 344 g/mol. The summed E-state index contributed by atoms with van der Waals surface area (Å²) >= 11 is 0. The second-order valence-corrected chi connectivity index (χ2v) is 6.70. The summed E-state index contributed by atoms with van der Waals surface area (Å²) < 4.78 is 5.06. The smallest absolute Gasteiger partial charge is 0.316 e. The molecule has 2 aliphatic heterocycles. The Labute approximate surface area is 147 Å². The van der Waals surface area contributed by atoms with Crippen molar-refractivity contribution in [2.45, 2.75) is 39.2 Å². The van der Waals surface area contributed by atoms with Gasteiger partial charge in [-0.1, -0.05) is 18.2 Å². The number of nitrogens with zero attached hydrogens (tertiary/aromatic N) is 2. The van der Waals surface area contributed by atoms with Crippen molar-refractivity contribution < 1.29 is 19.1 Å². The van der Waals surface area contributed by atoms with Crippen LogP contribution in [-0.4, -0.2) is 48.4 Å². The Bertz CT molecular complexity index is 688. The number of ether oxygens (including phenoxy) is 1. The quantitative estimate of drug-likeness (QED) is 0.606. The lowest BCUT2D eigenvalue weighted by molar-refractivity contribution is -0.153. The van der Waals surface area contributed by atoms with E-state index in [9.17, 15) is 14.4 Å². The van der Waals surface area contributed by atoms with Gasteiger partial charge in [-0.2, -0.15) is 0 Å². The molecule has 2 aliphatic rings. The first kappa shape index (κ1) is 17.5. The molecule has 2 heterocycles. The van der Waals surface area contributed by atoms with E-state index >= 15 is 0 Å². The average Bonchev–Trinajstić information content (AvgIpc) is 2.96. The van der Waals surface area contributed by atoms with Crippen LogP contribution in [-0.2, 0) is 25.5 Å². The van der Waals surface area contributed by atoms with Gasteiger partial charge in [-0.3, -0.25) is 14.4 Å². The van der Waals surface area contributed by atoms with Gasteiger partial charge in [-0.05, 0) is 44.7 Å². The van der Waals surface area contributed by atoms with E-state index in [0.717, 1.165) is 17.7 Å². The standard InChI is InChI=1S/C19H24N2O4/c1-3-25-19(24)15-8-6-10-20(12-15)17(22)18(23)21-13(2)11-14-7-4-5-9-16(14)21/h4-5,7,9,13,15H,3,6,8,10-12H2,1-2H3. The van der Waals surface area contributed by atoms with Crippen molar-refractivity contribution in [3.05, 3.63) is 29.8 Å². The number of likely N-dealkylation sites (tertiary alicyclic amines) is 1. The number of para-hydroxylation sites is 1. The Morgan fingerprint density at radius 3 is 2.72 bits per heavy atom. The van der Waals surface area contributed by atoms with Crippen molar-refractivity contribution >= 4 is 23.5 Å². The molecule has 0 radical (unpaired) electrons. The highest BCUT2D eigenvalue weighted by Crippen LogP contribution is 2.32. The number of hydrogen-bond donors (Lipinski definition) is 0. The zero-order valence-corrected chi connectivity index (χ0v) is 14.7. The Morgan fingerprint density at radius 1 is 1.20 bits per heavy atom. The van der Waals surface area contributed by atoms with E-state index in [4.69, 9.17) is 4.74 Å². The number of fused-ring (bicyclic) bond motifs is 1. The minimum absolute atomic E-state index is 0.0421. The highest BCUT2D eigenvalue weighted by molar-refractivity contribution is 6.40. The van der Waals surface area contributed by atoms with Crippen molar-refractivity contribution in [1.29, 1.82) is 0 Å². The van der Waals surface area contributed by atoms with Gasteiger partial charge in [0, 0.05) is 24.8 Å². The Hall–Kier alpha value is -2.37. The van der Waals surface area contributed by atoms with E-state index in [1.54, 1.807) is 11.8 Å². The molecule has 0 N–H and O–H groups in total. The molecule has 6 nitrogen and oxygen atoms in total. The molecule has 2 unspecified atom stereocenters. The van der Waals surface area contributed by atoms with Crippen molar-refractivity contribution in [3.63, 3.8) is 0 Å². The lowest BCUT2D eigenvalue weighted by Crippen LogP contribution is -2.51. The van der Waals surface area contributed by atoms with Gasteiger partial charge in [0.05, 0.1) is 12.5 Å². The first-order valence-electron chi connectivity index (χ1n) is 8.90. The topological polar surface area (TPSA) is 66.9 Å². The second kappa shape index (κ2) is 7.25. The molecule has 0 aliphatic carbocycles. The molecule has 1 aromatic carbocycles. The van der Waals surface area contributed by atoms with Crippen LogP contribution < -0.4 is 4.90 Å². The first-order chi connectivity index (χ1) is 12.0. The molecule has 0 aromatic heterocycles. The summed E-state index contributed by atoms with van der Waals surface area (Å²) in [5, 5.41) is 0. The fraction of sp³-hybridized carbons (Fsp3) is 0.526. The van der Waals surface area contributed by atoms with Crippen LogP contribution >= 0.6 is 0 Å². The lowest BCUT2D eigenvalue weighted by atomic mass is 9.98. The number of anilines is 1. The van der Waals surface area contributed by atoms with Gasteiger partial charge in [-0.15, -0.1) is 0 Å². The molecule has 0 saturated carbocycles. The Morgan fingerprint density at radius 2 is 1.96 bits per heavy atom. The third-order valence-corrected chi connectivity index (χ3v) is 4.94. The minimum atomic E-state index is -0.530. The Balaban J connectivity index is 1.72. The maximum Gasteiger partial charge on any atom is 0.316 e. The summed E-state index contributed by atoms with van der Waals surface area (Å²) in [7, 11) is 0. The normalized spacial score (nSPS) is 22.5. The molecule has 3 rings (SSSR count). The molecule has 1 aromatic rings. The number of carbonyl (C=O) groups is 3. The van der Waals surface area contributed by atoms with Crippen LogP contribution in [0.25, 0.3) is 0 Å². The largest absolute Gasteiger partial charge is 0.466 e. The third-order valence-electron chi connectivity index (χ3n) is 4.94. The zero-order chi connectivity index (χ0) is 18.0. The number of rotatable bonds is 2. The molecule has 6 heteroatoms. The van der Waals surface area contributed by atoms with Gasteiger partial charge in [0.1, 0.15) is 0 Å². The molecular formula is C19H24N2O4. The number of esters is 1. The predicted octanol–water partition coefficient (Wildman–Crippen LogP) is 1.77. The van der Waals surface area contributed by atoms with Gasteiger partial charge in [0.2, 0.25) is 0 Å². The molecule has 1 fully saturated rings. The van der Waals surface area contributed by atoms with Crippen molar-refractivity contribution in [1.82, 2.24) is 4.90 Å². The molecular weight excluding hydrogens is 320 g/mol. The van der Waals surface area contributed by atoms with Gasteiger partial charge in [0.25, 0.3) is 0 Å². The van der Waals surface area contributed by atoms with Crippen LogP contribution in [0.2, 0.25) is 0 Å². The van der Waals surface area contributed by atoms with Crippen LogP contribution in [0.5, 0.6) is 0 Å². The molecule has 2 amide bonds. The molecule has 134 valence electrons. The minimum Gasteiger partial charge on any atom is -0.466 e. The summed E-state index contributed by atoms with van der Waals surface area (Å²) in [6.45, 7) is 4.80.